The molecule has 4 aromatic rings. The Kier molecular flexibility index (Phi) is 5.19. The number of hydrogen-bond donors (Lipinski definition) is 2. The van der Waals surface area contributed by atoms with Crippen molar-refractivity contribution >= 4 is 33.5 Å². The van der Waals surface area contributed by atoms with E-state index in [4.69, 9.17) is 4.74 Å². The van der Waals surface area contributed by atoms with Crippen molar-refractivity contribution in [2.75, 3.05) is 36.5 Å². The van der Waals surface area contributed by atoms with Crippen molar-refractivity contribution in [1.29, 1.82) is 0 Å². The predicted molar refractivity (Wildman–Crippen MR) is 111 cm³/mol. The number of aromatic nitrogens is 7. The Morgan fingerprint density at radius 3 is 2.81 bits per heavy atom. The van der Waals surface area contributed by atoms with Crippen molar-refractivity contribution in [3.63, 3.8) is 0 Å². The number of nitrogens with zero attached hydrogens (tertiary/aromatic N) is 7. The molecule has 1 aliphatic rings. The van der Waals surface area contributed by atoms with E-state index < -0.39 is 11.6 Å². The molecule has 2 N–H and O–H groups in total. The third kappa shape index (κ3) is 3.93. The molecule has 1 fully saturated rings. The van der Waals surface area contributed by atoms with Crippen molar-refractivity contribution in [3.05, 3.63) is 46.3 Å². The van der Waals surface area contributed by atoms with Crippen LogP contribution in [0, 0.1) is 11.6 Å². The van der Waals surface area contributed by atoms with Crippen molar-refractivity contribution in [1.82, 2.24) is 34.8 Å². The molecule has 3 aromatic heterocycles. The van der Waals surface area contributed by atoms with Gasteiger partial charge in [-0.1, -0.05) is 0 Å². The summed E-state index contributed by atoms with van der Waals surface area (Å²) in [6.45, 7) is 2.82. The molecule has 0 unspecified atom stereocenters. The first kappa shape index (κ1) is 19.8. The van der Waals surface area contributed by atoms with Crippen LogP contribution in [0.1, 0.15) is 5.82 Å². The molecule has 0 spiro atoms. The molecular weight excluding hydrogens is 476 g/mol. The molecule has 0 radical (unpaired) electrons. The third-order valence-electron chi connectivity index (χ3n) is 4.72. The van der Waals surface area contributed by atoms with E-state index in [-0.39, 0.29) is 17.9 Å². The molecule has 1 aromatic carbocycles. The van der Waals surface area contributed by atoms with E-state index in [9.17, 15) is 8.78 Å². The lowest BCUT2D eigenvalue weighted by molar-refractivity contribution is 0.122. The average Bonchev–Trinajstić information content (AvgIpc) is 3.40. The molecular formula is C18H16BrF2N9O. The fourth-order valence-corrected chi connectivity index (χ4v) is 3.54. The number of benzene rings is 1. The van der Waals surface area contributed by atoms with E-state index in [1.807, 2.05) is 4.90 Å². The van der Waals surface area contributed by atoms with E-state index in [1.165, 1.54) is 6.07 Å². The Bertz CT molecular complexity index is 1240. The predicted octanol–water partition coefficient (Wildman–Crippen LogP) is 2.40. The zero-order valence-corrected chi connectivity index (χ0v) is 17.6. The van der Waals surface area contributed by atoms with Gasteiger partial charge in [-0.05, 0) is 28.1 Å². The first-order chi connectivity index (χ1) is 15.1. The minimum Gasteiger partial charge on any atom is -0.378 e. The molecule has 10 nitrogen and oxygen atoms in total. The van der Waals surface area contributed by atoms with E-state index in [0.29, 0.717) is 49.7 Å². The van der Waals surface area contributed by atoms with Gasteiger partial charge in [0.15, 0.2) is 11.5 Å². The van der Waals surface area contributed by atoms with Gasteiger partial charge in [-0.2, -0.15) is 24.7 Å². The van der Waals surface area contributed by atoms with E-state index in [2.05, 4.69) is 51.5 Å². The topological polar surface area (TPSA) is 109 Å². The first-order valence-corrected chi connectivity index (χ1v) is 10.2. The van der Waals surface area contributed by atoms with Crippen LogP contribution in [0.5, 0.6) is 0 Å². The van der Waals surface area contributed by atoms with Gasteiger partial charge in [-0.3, -0.25) is 5.10 Å². The summed E-state index contributed by atoms with van der Waals surface area (Å²) in [6, 6.07) is 3.26. The SMILES string of the molecule is Fc1ccc(-c2n[nH]c(CNc3nc(N4CCOCC4)nc4c(Br)cnn34)n2)c(F)c1. The summed E-state index contributed by atoms with van der Waals surface area (Å²) >= 11 is 3.46. The van der Waals surface area contributed by atoms with E-state index >= 15 is 0 Å². The highest BCUT2D eigenvalue weighted by Crippen LogP contribution is 2.23. The van der Waals surface area contributed by atoms with E-state index in [0.717, 1.165) is 16.6 Å². The van der Waals surface area contributed by atoms with Crippen LogP contribution in [0.25, 0.3) is 17.0 Å². The molecule has 5 rings (SSSR count). The molecule has 0 amide bonds. The van der Waals surface area contributed by atoms with Gasteiger partial charge in [0.05, 0.1) is 36.0 Å². The van der Waals surface area contributed by atoms with Crippen LogP contribution >= 0.6 is 15.9 Å². The highest BCUT2D eigenvalue weighted by molar-refractivity contribution is 9.10. The molecule has 4 heterocycles. The standard InChI is InChI=1S/C18H16BrF2N9O/c19-12-8-23-30-16(12)25-18(29-3-5-31-6-4-29)26-17(30)22-9-14-24-15(28-27-14)11-2-1-10(20)7-13(11)21/h1-2,7-8H,3-6,9H2,(H,22,25,26)(H,24,27,28). The van der Waals surface area contributed by atoms with Gasteiger partial charge in [0.25, 0.3) is 0 Å². The van der Waals surface area contributed by atoms with Crippen molar-refractivity contribution in [2.24, 2.45) is 0 Å². The number of hydrogen-bond acceptors (Lipinski definition) is 8. The smallest absolute Gasteiger partial charge is 0.230 e. The van der Waals surface area contributed by atoms with Crippen LogP contribution in [0.4, 0.5) is 20.7 Å². The zero-order valence-electron chi connectivity index (χ0n) is 16.0. The highest BCUT2D eigenvalue weighted by Gasteiger charge is 2.19. The number of nitrogens with one attached hydrogen (secondary N) is 2. The minimum atomic E-state index is -0.729. The molecule has 13 heteroatoms. The number of aromatic amines is 1. The van der Waals surface area contributed by atoms with Crippen LogP contribution in [0.15, 0.2) is 28.9 Å². The van der Waals surface area contributed by atoms with Crippen LogP contribution in [0.2, 0.25) is 0 Å². The second-order valence-electron chi connectivity index (χ2n) is 6.76. The lowest BCUT2D eigenvalue weighted by Crippen LogP contribution is -2.37. The fraction of sp³-hybridized carbons (Fsp3) is 0.278. The summed E-state index contributed by atoms with van der Waals surface area (Å²) in [5.74, 6) is 0.220. The molecule has 160 valence electrons. The summed E-state index contributed by atoms with van der Waals surface area (Å²) in [6.07, 6.45) is 1.64. The maximum atomic E-state index is 14.0. The number of H-pyrrole nitrogens is 1. The molecule has 0 atom stereocenters. The number of morpholine rings is 1. The Morgan fingerprint density at radius 1 is 1.16 bits per heavy atom. The first-order valence-electron chi connectivity index (χ1n) is 9.43. The Balaban J connectivity index is 1.40. The number of rotatable bonds is 5. The molecule has 0 bridgehead atoms. The van der Waals surface area contributed by atoms with Gasteiger partial charge in [-0.15, -0.1) is 0 Å². The van der Waals surface area contributed by atoms with Crippen molar-refractivity contribution < 1.29 is 13.5 Å². The minimum absolute atomic E-state index is 0.110. The number of ether oxygens (including phenoxy) is 1. The van der Waals surface area contributed by atoms with E-state index in [1.54, 1.807) is 10.7 Å². The summed E-state index contributed by atoms with van der Waals surface area (Å²) in [7, 11) is 0. The van der Waals surface area contributed by atoms with Gasteiger partial charge in [-0.25, -0.2) is 13.8 Å². The van der Waals surface area contributed by atoms with Gasteiger partial charge < -0.3 is 15.0 Å². The van der Waals surface area contributed by atoms with Crippen LogP contribution in [-0.2, 0) is 11.3 Å². The average molecular weight is 492 g/mol. The van der Waals surface area contributed by atoms with Gasteiger partial charge in [0, 0.05) is 19.2 Å². The lowest BCUT2D eigenvalue weighted by Gasteiger charge is -2.27. The second kappa shape index (κ2) is 8.15. The Hall–Kier alpha value is -3.19. The molecule has 0 saturated carbocycles. The molecule has 0 aliphatic carbocycles. The molecule has 1 aliphatic heterocycles. The highest BCUT2D eigenvalue weighted by atomic mass is 79.9. The third-order valence-corrected chi connectivity index (χ3v) is 5.28. The van der Waals surface area contributed by atoms with Crippen molar-refractivity contribution in [3.8, 4) is 11.4 Å². The summed E-state index contributed by atoms with van der Waals surface area (Å²) in [5.41, 5.74) is 0.726. The quantitative estimate of drug-likeness (QED) is 0.438. The zero-order chi connectivity index (χ0) is 21.4. The maximum Gasteiger partial charge on any atom is 0.230 e. The normalized spacial score (nSPS) is 14.4. The van der Waals surface area contributed by atoms with Gasteiger partial charge in [0.1, 0.15) is 17.5 Å². The summed E-state index contributed by atoms with van der Waals surface area (Å²) in [4.78, 5) is 15.5. The fourth-order valence-electron chi connectivity index (χ4n) is 3.19. The summed E-state index contributed by atoms with van der Waals surface area (Å²) < 4.78 is 34.9. The lowest BCUT2D eigenvalue weighted by atomic mass is 10.2. The molecule has 1 saturated heterocycles. The van der Waals surface area contributed by atoms with Crippen molar-refractivity contribution in [2.45, 2.75) is 6.54 Å². The monoisotopic (exact) mass is 491 g/mol. The Morgan fingerprint density at radius 2 is 2.00 bits per heavy atom. The number of anilines is 2. The largest absolute Gasteiger partial charge is 0.378 e. The Labute approximate surface area is 182 Å². The van der Waals surface area contributed by atoms with Gasteiger partial charge >= 0.3 is 0 Å². The second-order valence-corrected chi connectivity index (χ2v) is 7.61. The molecule has 31 heavy (non-hydrogen) atoms. The van der Waals surface area contributed by atoms with Crippen LogP contribution in [0.3, 0.4) is 0 Å². The van der Waals surface area contributed by atoms with Gasteiger partial charge in [0.2, 0.25) is 11.9 Å². The van der Waals surface area contributed by atoms with Crippen LogP contribution < -0.4 is 10.2 Å². The maximum absolute atomic E-state index is 14.0. The number of fused-ring (bicyclic) bond motifs is 1. The summed E-state index contributed by atoms with van der Waals surface area (Å²) in [5, 5.41) is 14.2. The number of halogens is 3. The van der Waals surface area contributed by atoms with Crippen LogP contribution in [-0.4, -0.2) is 61.1 Å².